The minimum Gasteiger partial charge on any atom is -0.743 e. The molecule has 3 nitrogen and oxygen atoms in total. The van der Waals surface area contributed by atoms with Crippen molar-refractivity contribution in [3.05, 3.63) is 89.5 Å². The fourth-order valence-corrected chi connectivity index (χ4v) is 7.47. The van der Waals surface area contributed by atoms with E-state index in [9.17, 15) is 87.6 Å². The molecule has 3 rings (SSSR count). The van der Waals surface area contributed by atoms with E-state index >= 15 is 0 Å². The zero-order valence-corrected chi connectivity index (χ0v) is 34.5. The monoisotopic (exact) mass is 930 g/mol. The van der Waals surface area contributed by atoms with Crippen LogP contribution in [0, 0.1) is 0 Å². The van der Waals surface area contributed by atoms with E-state index in [1.165, 1.54) is 31.4 Å². The SMILES string of the molecule is CC(C)(C)c1ccc([S+](c2ccc(C(C)(C)C)cc2)c2ccc(C(C)(C)C)cc2)cc1.O=S(=O)([O-])C(F)(F)C(F)(F)C(F)(F)C(F)(F)C(F)(F)C(F)(F)C(F)(F)C(F)(F)F. The Hall–Kier alpha value is -3.27. The summed E-state index contributed by atoms with van der Waals surface area (Å²) in [5.74, 6) is -52.1. The third kappa shape index (κ3) is 9.53. The molecule has 0 aromatic heterocycles. The molecular weight excluding hydrogens is 892 g/mol. The predicted molar refractivity (Wildman–Crippen MR) is 188 cm³/mol. The van der Waals surface area contributed by atoms with Crippen molar-refractivity contribution in [2.75, 3.05) is 0 Å². The molecule has 0 spiro atoms. The van der Waals surface area contributed by atoms with Crippen LogP contribution in [0.3, 0.4) is 0 Å². The first kappa shape index (κ1) is 52.9. The topological polar surface area (TPSA) is 57.2 Å². The highest BCUT2D eigenvalue weighted by Gasteiger charge is 2.95. The summed E-state index contributed by atoms with van der Waals surface area (Å²) < 4.78 is 244. The van der Waals surface area contributed by atoms with Crippen LogP contribution in [0.2, 0.25) is 0 Å². The van der Waals surface area contributed by atoms with Crippen molar-refractivity contribution in [2.24, 2.45) is 0 Å². The van der Waals surface area contributed by atoms with Crippen LogP contribution in [-0.4, -0.2) is 59.9 Å². The van der Waals surface area contributed by atoms with E-state index in [1.54, 1.807) is 0 Å². The maximum Gasteiger partial charge on any atom is 0.460 e. The maximum atomic E-state index is 13.0. The second-order valence-corrected chi connectivity index (χ2v) is 20.0. The van der Waals surface area contributed by atoms with E-state index in [1.807, 2.05) is 0 Å². The molecule has 0 saturated heterocycles. The van der Waals surface area contributed by atoms with Crippen LogP contribution in [0.15, 0.2) is 87.5 Å². The second kappa shape index (κ2) is 16.1. The zero-order valence-electron chi connectivity index (χ0n) is 32.9. The molecule has 0 radical (unpaired) electrons. The predicted octanol–water partition coefficient (Wildman–Crippen LogP) is 13.2. The third-order valence-corrected chi connectivity index (χ3v) is 12.0. The molecule has 0 saturated carbocycles. The number of hydrogen-bond donors (Lipinski definition) is 0. The van der Waals surface area contributed by atoms with Crippen LogP contribution in [0.4, 0.5) is 74.6 Å². The van der Waals surface area contributed by atoms with Gasteiger partial charge in [0.2, 0.25) is 0 Å². The number of halogens is 17. The van der Waals surface area contributed by atoms with Crippen LogP contribution in [-0.2, 0) is 37.3 Å². The smallest absolute Gasteiger partial charge is 0.460 e. The van der Waals surface area contributed by atoms with Crippen LogP contribution >= 0.6 is 0 Å². The fraction of sp³-hybridized carbons (Fsp3) is 0.526. The normalized spacial score (nSPS) is 14.9. The Labute approximate surface area is 337 Å². The lowest BCUT2D eigenvalue weighted by Gasteiger charge is -2.42. The van der Waals surface area contributed by atoms with Crippen molar-refractivity contribution in [3.8, 4) is 0 Å². The van der Waals surface area contributed by atoms with Gasteiger partial charge >= 0.3 is 47.0 Å². The van der Waals surface area contributed by atoms with Crippen molar-refractivity contribution < 1.29 is 87.6 Å². The number of benzene rings is 3. The van der Waals surface area contributed by atoms with E-state index < -0.39 is 57.1 Å². The average molecular weight is 931 g/mol. The Morgan fingerprint density at radius 2 is 0.567 bits per heavy atom. The van der Waals surface area contributed by atoms with Gasteiger partial charge in [-0.25, -0.2) is 8.42 Å². The van der Waals surface area contributed by atoms with Gasteiger partial charge in [0.1, 0.15) is 0 Å². The van der Waals surface area contributed by atoms with Crippen LogP contribution in [0.25, 0.3) is 0 Å². The summed E-state index contributed by atoms with van der Waals surface area (Å²) in [6.07, 6.45) is -7.89. The van der Waals surface area contributed by atoms with E-state index in [0.717, 1.165) is 0 Å². The molecule has 0 bridgehead atoms. The van der Waals surface area contributed by atoms with Crippen LogP contribution in [0.1, 0.15) is 79.0 Å². The summed E-state index contributed by atoms with van der Waals surface area (Å²) in [6.45, 7) is 20.5. The molecule has 3 aromatic rings. The summed E-state index contributed by atoms with van der Waals surface area (Å²) in [5, 5.41) is -7.95. The molecule has 0 N–H and O–H groups in total. The molecule has 0 amide bonds. The van der Waals surface area contributed by atoms with Crippen LogP contribution in [0.5, 0.6) is 0 Å². The number of alkyl halides is 17. The lowest BCUT2D eigenvalue weighted by Crippen LogP contribution is -2.75. The van der Waals surface area contributed by atoms with E-state index in [2.05, 4.69) is 135 Å². The molecule has 0 aliphatic carbocycles. The molecule has 0 heterocycles. The molecule has 0 fully saturated rings. The molecule has 0 aliphatic rings. The molecule has 0 unspecified atom stereocenters. The molecular formula is C38H39F17O3S2. The van der Waals surface area contributed by atoms with Gasteiger partial charge in [0.15, 0.2) is 24.8 Å². The first-order chi connectivity index (χ1) is 26.3. The minimum atomic E-state index is -8.92. The fourth-order valence-electron chi connectivity index (χ4n) is 4.99. The van der Waals surface area contributed by atoms with E-state index in [0.29, 0.717) is 0 Å². The average Bonchev–Trinajstić information content (AvgIpc) is 3.06. The van der Waals surface area contributed by atoms with Crippen molar-refractivity contribution in [1.29, 1.82) is 0 Å². The van der Waals surface area contributed by atoms with Crippen LogP contribution < -0.4 is 0 Å². The highest BCUT2D eigenvalue weighted by atomic mass is 32.2. The Balaban J connectivity index is 0.000000415. The lowest BCUT2D eigenvalue weighted by atomic mass is 9.87. The van der Waals surface area contributed by atoms with Crippen molar-refractivity contribution in [2.45, 2.75) is 140 Å². The van der Waals surface area contributed by atoms with Gasteiger partial charge in [0.25, 0.3) is 0 Å². The largest absolute Gasteiger partial charge is 0.743 e. The molecule has 22 heteroatoms. The van der Waals surface area contributed by atoms with E-state index in [-0.39, 0.29) is 27.1 Å². The van der Waals surface area contributed by atoms with Gasteiger partial charge in [-0.2, -0.15) is 74.6 Å². The molecule has 3 aromatic carbocycles. The summed E-state index contributed by atoms with van der Waals surface area (Å²) in [7, 11) is -8.26. The summed E-state index contributed by atoms with van der Waals surface area (Å²) in [6, 6.07) is 27.8. The zero-order chi connectivity index (χ0) is 47.5. The highest BCUT2D eigenvalue weighted by molar-refractivity contribution is 7.97. The first-order valence-corrected chi connectivity index (χ1v) is 19.6. The second-order valence-electron chi connectivity index (χ2n) is 16.5. The summed E-state index contributed by atoms with van der Waals surface area (Å²) >= 11 is 0. The van der Waals surface area contributed by atoms with Gasteiger partial charge in [0.05, 0.1) is 10.9 Å². The van der Waals surface area contributed by atoms with Gasteiger partial charge in [-0.1, -0.05) is 98.7 Å². The Morgan fingerprint density at radius 3 is 0.750 bits per heavy atom. The summed E-state index contributed by atoms with van der Waals surface area (Å²) in [5.41, 5.74) is 4.64. The van der Waals surface area contributed by atoms with Gasteiger partial charge in [-0.15, -0.1) is 0 Å². The molecule has 60 heavy (non-hydrogen) atoms. The highest BCUT2D eigenvalue weighted by Crippen LogP contribution is 2.64. The minimum absolute atomic E-state index is 0.120. The van der Waals surface area contributed by atoms with E-state index in [4.69, 9.17) is 0 Å². The van der Waals surface area contributed by atoms with Crippen molar-refractivity contribution in [3.63, 3.8) is 0 Å². The number of hydrogen-bond acceptors (Lipinski definition) is 3. The van der Waals surface area contributed by atoms with Gasteiger partial charge in [-0.3, -0.25) is 0 Å². The Bertz CT molecular complexity index is 1910. The molecule has 0 aliphatic heterocycles. The summed E-state index contributed by atoms with van der Waals surface area (Å²) in [4.78, 5) is 4.13. The third-order valence-electron chi connectivity index (χ3n) is 8.88. The maximum absolute atomic E-state index is 13.0. The first-order valence-electron chi connectivity index (χ1n) is 17.0. The quantitative estimate of drug-likeness (QED) is 0.116. The van der Waals surface area contributed by atoms with Gasteiger partial charge in [-0.05, 0) is 69.3 Å². The van der Waals surface area contributed by atoms with Crippen molar-refractivity contribution >= 4 is 21.0 Å². The van der Waals surface area contributed by atoms with Gasteiger partial charge < -0.3 is 4.55 Å². The Morgan fingerprint density at radius 1 is 0.367 bits per heavy atom. The lowest BCUT2D eigenvalue weighted by molar-refractivity contribution is -0.458. The van der Waals surface area contributed by atoms with Gasteiger partial charge in [0, 0.05) is 0 Å². The Kier molecular flexibility index (Phi) is 14.2. The number of rotatable bonds is 10. The standard InChI is InChI=1S/C30H39S.C8HF17O3S/c1-28(2,3)22-10-16-25(17-11-22)31(26-18-12-23(13-19-26)29(4,5)6)27-20-14-24(15-21-27)30(7,8)9;9-1(10,3(13,14)5(17,18)7(21,22)23)2(11,12)4(15,16)6(19,20)8(24,25)29(26,27)28/h10-21H,1-9H3;(H,26,27,28)/q+1;/p-1. The van der Waals surface area contributed by atoms with Crippen molar-refractivity contribution in [1.82, 2.24) is 0 Å². The molecule has 340 valence electrons. The molecule has 0 atom stereocenters.